The molecule has 10 nitrogen and oxygen atoms in total. The van der Waals surface area contributed by atoms with Crippen LogP contribution in [-0.4, -0.2) is 57.6 Å². The highest BCUT2D eigenvalue weighted by Crippen LogP contribution is 2.41. The van der Waals surface area contributed by atoms with Crippen molar-refractivity contribution in [3.8, 4) is 17.2 Å². The summed E-state index contributed by atoms with van der Waals surface area (Å²) >= 11 is 0. The number of anilines is 2. The largest absolute Gasteiger partial charge is 0.493 e. The number of benzene rings is 2. The summed E-state index contributed by atoms with van der Waals surface area (Å²) in [6, 6.07) is 9.24. The van der Waals surface area contributed by atoms with Gasteiger partial charge in [0, 0.05) is 25.3 Å². The molecule has 10 heteroatoms. The predicted molar refractivity (Wildman–Crippen MR) is 119 cm³/mol. The third-order valence-corrected chi connectivity index (χ3v) is 5.25. The van der Waals surface area contributed by atoms with Crippen molar-refractivity contribution < 1.29 is 23.7 Å². The van der Waals surface area contributed by atoms with Crippen molar-refractivity contribution in [2.45, 2.75) is 6.54 Å². The van der Waals surface area contributed by atoms with Gasteiger partial charge >= 0.3 is 6.09 Å². The second kappa shape index (κ2) is 8.66. The summed E-state index contributed by atoms with van der Waals surface area (Å²) in [5.41, 5.74) is 1.76. The van der Waals surface area contributed by atoms with Crippen molar-refractivity contribution in [2.75, 3.05) is 51.3 Å². The molecule has 3 aromatic rings. The van der Waals surface area contributed by atoms with Crippen LogP contribution >= 0.6 is 0 Å². The lowest BCUT2D eigenvalue weighted by molar-refractivity contribution is 0.181. The monoisotopic (exact) mass is 440 g/mol. The first-order valence-corrected chi connectivity index (χ1v) is 9.94. The second-order valence-corrected chi connectivity index (χ2v) is 7.22. The van der Waals surface area contributed by atoms with E-state index in [2.05, 4.69) is 9.97 Å². The number of methoxy groups -OCH3 is 3. The number of H-pyrrole nitrogens is 1. The molecule has 0 bridgehead atoms. The molecule has 32 heavy (non-hydrogen) atoms. The molecule has 1 aliphatic heterocycles. The zero-order valence-corrected chi connectivity index (χ0v) is 18.3. The van der Waals surface area contributed by atoms with E-state index in [1.54, 1.807) is 11.0 Å². The highest BCUT2D eigenvalue weighted by atomic mass is 16.6. The smallest absolute Gasteiger partial charge is 0.414 e. The van der Waals surface area contributed by atoms with Crippen molar-refractivity contribution >= 4 is 28.6 Å². The summed E-state index contributed by atoms with van der Waals surface area (Å²) < 4.78 is 21.2. The Kier molecular flexibility index (Phi) is 5.76. The number of aromatic amines is 1. The van der Waals surface area contributed by atoms with Gasteiger partial charge in [-0.15, -0.1) is 0 Å². The van der Waals surface area contributed by atoms with Gasteiger partial charge in [0.05, 0.1) is 33.4 Å². The topological polar surface area (TPSA) is 106 Å². The number of ether oxygens (including phenoxy) is 4. The van der Waals surface area contributed by atoms with Crippen LogP contribution in [0.25, 0.3) is 10.9 Å². The van der Waals surface area contributed by atoms with Crippen molar-refractivity contribution in [1.82, 2.24) is 9.97 Å². The third kappa shape index (κ3) is 3.75. The van der Waals surface area contributed by atoms with E-state index in [1.807, 2.05) is 36.2 Å². The number of hydrogen-bond donors (Lipinski definition) is 1. The van der Waals surface area contributed by atoms with Gasteiger partial charge in [-0.3, -0.25) is 14.7 Å². The predicted octanol–water partition coefficient (Wildman–Crippen LogP) is 2.54. The normalized spacial score (nSPS) is 13.2. The van der Waals surface area contributed by atoms with E-state index in [0.29, 0.717) is 42.7 Å². The van der Waals surface area contributed by atoms with Crippen LogP contribution in [-0.2, 0) is 11.3 Å². The molecule has 1 aliphatic rings. The standard InChI is InChI=1S/C22H24N4O6/c1-25(12-13-6-5-7-14(10-13)26-8-9-32-22(26)28)21-23-15-11-16(29-2)18(30-3)19(31-4)17(15)20(27)24-21/h5-7,10-11H,8-9,12H2,1-4H3,(H,23,24,27). The minimum atomic E-state index is -0.358. The summed E-state index contributed by atoms with van der Waals surface area (Å²) in [4.78, 5) is 35.6. The Bertz CT molecular complexity index is 1230. The minimum Gasteiger partial charge on any atom is -0.493 e. The number of fused-ring (bicyclic) bond motifs is 1. The second-order valence-electron chi connectivity index (χ2n) is 7.22. The molecule has 0 atom stereocenters. The summed E-state index contributed by atoms with van der Waals surface area (Å²) in [6.45, 7) is 1.35. The van der Waals surface area contributed by atoms with Crippen molar-refractivity contribution in [2.24, 2.45) is 0 Å². The van der Waals surface area contributed by atoms with Crippen LogP contribution in [0.4, 0.5) is 16.4 Å². The van der Waals surface area contributed by atoms with Gasteiger partial charge in [-0.1, -0.05) is 12.1 Å². The first-order chi connectivity index (χ1) is 15.5. The fraction of sp³-hybridized carbons (Fsp3) is 0.318. The lowest BCUT2D eigenvalue weighted by atomic mass is 10.1. The molecule has 4 rings (SSSR count). The minimum absolute atomic E-state index is 0.259. The van der Waals surface area contributed by atoms with Crippen molar-refractivity contribution in [3.05, 3.63) is 46.2 Å². The maximum atomic E-state index is 12.9. The number of nitrogens with one attached hydrogen (secondary N) is 1. The molecule has 0 saturated carbocycles. The Morgan fingerprint density at radius 1 is 1.12 bits per heavy atom. The van der Waals surface area contributed by atoms with E-state index in [-0.39, 0.29) is 22.8 Å². The Balaban J connectivity index is 1.68. The lowest BCUT2D eigenvalue weighted by Gasteiger charge is -2.20. The number of cyclic esters (lactones) is 1. The van der Waals surface area contributed by atoms with E-state index in [4.69, 9.17) is 18.9 Å². The maximum absolute atomic E-state index is 12.9. The molecule has 1 N–H and O–H groups in total. The molecule has 0 unspecified atom stereocenters. The Hall–Kier alpha value is -3.95. The van der Waals surface area contributed by atoms with Gasteiger partial charge < -0.3 is 23.8 Å². The zero-order valence-electron chi connectivity index (χ0n) is 18.3. The molecule has 0 radical (unpaired) electrons. The van der Waals surface area contributed by atoms with Gasteiger partial charge in [0.2, 0.25) is 11.7 Å². The summed E-state index contributed by atoms with van der Waals surface area (Å²) in [6.07, 6.45) is -0.352. The van der Waals surface area contributed by atoms with E-state index in [9.17, 15) is 9.59 Å². The first-order valence-electron chi connectivity index (χ1n) is 9.94. The van der Waals surface area contributed by atoms with E-state index >= 15 is 0 Å². The van der Waals surface area contributed by atoms with Gasteiger partial charge in [0.25, 0.3) is 5.56 Å². The fourth-order valence-electron chi connectivity index (χ4n) is 3.74. The number of nitrogens with zero attached hydrogens (tertiary/aromatic N) is 3. The number of carbonyl (C=O) groups excluding carboxylic acids is 1. The average molecular weight is 440 g/mol. The van der Waals surface area contributed by atoms with Crippen LogP contribution < -0.4 is 29.6 Å². The SMILES string of the molecule is COc1cc2nc(N(C)Cc3cccc(N4CCOC4=O)c3)[nH]c(=O)c2c(OC)c1OC. The van der Waals surface area contributed by atoms with Crippen LogP contribution in [0.15, 0.2) is 35.1 Å². The van der Waals surface area contributed by atoms with E-state index < -0.39 is 0 Å². The quantitative estimate of drug-likeness (QED) is 0.598. The number of rotatable bonds is 7. The molecule has 0 aliphatic carbocycles. The average Bonchev–Trinajstić information content (AvgIpc) is 3.23. The first kappa shape index (κ1) is 21.3. The summed E-state index contributed by atoms with van der Waals surface area (Å²) in [5.74, 6) is 1.37. The van der Waals surface area contributed by atoms with Gasteiger partial charge in [-0.2, -0.15) is 0 Å². The molecule has 1 fully saturated rings. The summed E-state index contributed by atoms with van der Waals surface area (Å²) in [7, 11) is 6.26. The van der Waals surface area contributed by atoms with Crippen LogP contribution in [0.5, 0.6) is 17.2 Å². The highest BCUT2D eigenvalue weighted by molar-refractivity contribution is 5.90. The number of carbonyl (C=O) groups is 1. The summed E-state index contributed by atoms with van der Waals surface area (Å²) in [5, 5.41) is 0.275. The van der Waals surface area contributed by atoms with Crippen molar-refractivity contribution in [1.29, 1.82) is 0 Å². The highest BCUT2D eigenvalue weighted by Gasteiger charge is 2.24. The van der Waals surface area contributed by atoms with E-state index in [0.717, 1.165) is 11.3 Å². The molecule has 1 aromatic heterocycles. The Morgan fingerprint density at radius 3 is 2.56 bits per heavy atom. The molecule has 168 valence electrons. The number of hydrogen-bond acceptors (Lipinski definition) is 8. The van der Waals surface area contributed by atoms with Crippen molar-refractivity contribution in [3.63, 3.8) is 0 Å². The Labute approximate surface area is 184 Å². The Morgan fingerprint density at radius 2 is 1.91 bits per heavy atom. The molecular weight excluding hydrogens is 416 g/mol. The zero-order chi connectivity index (χ0) is 22.8. The van der Waals surface area contributed by atoms with Gasteiger partial charge in [-0.05, 0) is 17.7 Å². The van der Waals surface area contributed by atoms with Crippen LogP contribution in [0.1, 0.15) is 5.56 Å². The van der Waals surface area contributed by atoms with Gasteiger partial charge in [0.1, 0.15) is 12.0 Å². The third-order valence-electron chi connectivity index (χ3n) is 5.25. The molecule has 2 heterocycles. The fourth-order valence-corrected chi connectivity index (χ4v) is 3.74. The van der Waals surface area contributed by atoms with Crippen LogP contribution in [0.3, 0.4) is 0 Å². The maximum Gasteiger partial charge on any atom is 0.414 e. The van der Waals surface area contributed by atoms with Gasteiger partial charge in [0.15, 0.2) is 11.5 Å². The van der Waals surface area contributed by atoms with Crippen LogP contribution in [0, 0.1) is 0 Å². The van der Waals surface area contributed by atoms with Gasteiger partial charge in [-0.25, -0.2) is 9.78 Å². The van der Waals surface area contributed by atoms with Crippen LogP contribution in [0.2, 0.25) is 0 Å². The molecule has 0 spiro atoms. The number of aromatic nitrogens is 2. The van der Waals surface area contributed by atoms with E-state index in [1.165, 1.54) is 21.3 Å². The molecular formula is C22H24N4O6. The molecule has 1 saturated heterocycles. The lowest BCUT2D eigenvalue weighted by Crippen LogP contribution is -2.25. The number of amides is 1. The molecule has 2 aromatic carbocycles. The molecule has 1 amide bonds.